The Morgan fingerprint density at radius 1 is 1.20 bits per heavy atom. The molecule has 0 bridgehead atoms. The summed E-state index contributed by atoms with van der Waals surface area (Å²) in [7, 11) is 1.36. The van der Waals surface area contributed by atoms with Gasteiger partial charge in [-0.05, 0) is 26.3 Å². The smallest absolute Gasteiger partial charge is 0.410 e. The molecule has 8 nitrogen and oxygen atoms in total. The molecule has 1 aliphatic heterocycles. The minimum absolute atomic E-state index is 0.244. The largest absolute Gasteiger partial charge is 0.464 e. The first-order valence-electron chi connectivity index (χ1n) is 8.66. The standard InChI is InChI=1S/C17H28N4O4/c1-5-17(2,3)25-16(23)20-11-8-19(9-12-20)10-13-21-14(6-7-18-21)15(22)24-4/h6-7H,5,8-13H2,1-4H3. The second kappa shape index (κ2) is 8.33. The maximum Gasteiger partial charge on any atom is 0.410 e. The molecular formula is C17H28N4O4. The molecule has 0 spiro atoms. The topological polar surface area (TPSA) is 76.9 Å². The Hall–Kier alpha value is -2.09. The number of hydrogen-bond acceptors (Lipinski definition) is 6. The highest BCUT2D eigenvalue weighted by Gasteiger charge is 2.27. The molecule has 1 fully saturated rings. The van der Waals surface area contributed by atoms with Crippen molar-refractivity contribution in [2.24, 2.45) is 0 Å². The molecule has 1 aliphatic rings. The molecule has 1 amide bonds. The van der Waals surface area contributed by atoms with E-state index in [2.05, 4.69) is 10.00 Å². The Kier molecular flexibility index (Phi) is 6.41. The molecule has 0 atom stereocenters. The lowest BCUT2D eigenvalue weighted by Gasteiger charge is -2.36. The van der Waals surface area contributed by atoms with Gasteiger partial charge in [-0.1, -0.05) is 6.92 Å². The van der Waals surface area contributed by atoms with Crippen LogP contribution in [0.15, 0.2) is 12.3 Å². The third kappa shape index (κ3) is 5.19. The number of hydrogen-bond donors (Lipinski definition) is 0. The molecule has 2 heterocycles. The van der Waals surface area contributed by atoms with Gasteiger partial charge < -0.3 is 14.4 Å². The minimum atomic E-state index is -0.432. The molecule has 1 aromatic rings. The van der Waals surface area contributed by atoms with Gasteiger partial charge in [0, 0.05) is 38.9 Å². The van der Waals surface area contributed by atoms with Crippen LogP contribution in [0.25, 0.3) is 0 Å². The summed E-state index contributed by atoms with van der Waals surface area (Å²) in [6.07, 6.45) is 2.13. The zero-order valence-electron chi connectivity index (χ0n) is 15.5. The highest BCUT2D eigenvalue weighted by molar-refractivity contribution is 5.87. The van der Waals surface area contributed by atoms with Crippen molar-refractivity contribution in [2.45, 2.75) is 39.3 Å². The molecule has 8 heteroatoms. The van der Waals surface area contributed by atoms with Crippen molar-refractivity contribution >= 4 is 12.1 Å². The van der Waals surface area contributed by atoms with E-state index in [0.29, 0.717) is 25.3 Å². The quantitative estimate of drug-likeness (QED) is 0.724. The molecule has 1 aromatic heterocycles. The summed E-state index contributed by atoms with van der Waals surface area (Å²) >= 11 is 0. The Morgan fingerprint density at radius 3 is 2.48 bits per heavy atom. The average Bonchev–Trinajstić information content (AvgIpc) is 3.08. The summed E-state index contributed by atoms with van der Waals surface area (Å²) < 4.78 is 11.9. The van der Waals surface area contributed by atoms with E-state index in [0.717, 1.165) is 26.1 Å². The van der Waals surface area contributed by atoms with Gasteiger partial charge in [-0.3, -0.25) is 9.58 Å². The minimum Gasteiger partial charge on any atom is -0.464 e. The fourth-order valence-electron chi connectivity index (χ4n) is 2.55. The number of amides is 1. The number of piperazine rings is 1. The van der Waals surface area contributed by atoms with Crippen LogP contribution >= 0.6 is 0 Å². The van der Waals surface area contributed by atoms with Crippen molar-refractivity contribution < 1.29 is 19.1 Å². The van der Waals surface area contributed by atoms with E-state index >= 15 is 0 Å². The van der Waals surface area contributed by atoms with Gasteiger partial charge in [-0.15, -0.1) is 0 Å². The maximum atomic E-state index is 12.2. The van der Waals surface area contributed by atoms with Crippen molar-refractivity contribution in [3.05, 3.63) is 18.0 Å². The van der Waals surface area contributed by atoms with Gasteiger partial charge in [-0.2, -0.15) is 5.10 Å². The summed E-state index contributed by atoms with van der Waals surface area (Å²) in [6, 6.07) is 1.65. The Morgan fingerprint density at radius 2 is 1.88 bits per heavy atom. The second-order valence-electron chi connectivity index (χ2n) is 6.74. The molecular weight excluding hydrogens is 324 g/mol. The monoisotopic (exact) mass is 352 g/mol. The number of esters is 1. The molecule has 0 radical (unpaired) electrons. The Bertz CT molecular complexity index is 591. The molecule has 0 aliphatic carbocycles. The van der Waals surface area contributed by atoms with Crippen molar-refractivity contribution in [2.75, 3.05) is 39.8 Å². The SMILES string of the molecule is CCC(C)(C)OC(=O)N1CCN(CCn2nccc2C(=O)OC)CC1. The second-order valence-corrected chi connectivity index (χ2v) is 6.74. The van der Waals surface area contributed by atoms with E-state index in [1.54, 1.807) is 21.8 Å². The zero-order valence-corrected chi connectivity index (χ0v) is 15.5. The number of ether oxygens (including phenoxy) is 2. The van der Waals surface area contributed by atoms with Crippen LogP contribution in [-0.4, -0.2) is 77.1 Å². The van der Waals surface area contributed by atoms with E-state index in [9.17, 15) is 9.59 Å². The number of rotatable bonds is 6. The summed E-state index contributed by atoms with van der Waals surface area (Å²) in [5, 5.41) is 4.17. The van der Waals surface area contributed by atoms with E-state index < -0.39 is 5.60 Å². The van der Waals surface area contributed by atoms with Gasteiger partial charge in [0.05, 0.1) is 13.7 Å². The molecule has 2 rings (SSSR count). The van der Waals surface area contributed by atoms with Crippen molar-refractivity contribution in [1.82, 2.24) is 19.6 Å². The van der Waals surface area contributed by atoms with Gasteiger partial charge in [0.2, 0.25) is 0 Å². The summed E-state index contributed by atoms with van der Waals surface area (Å²) in [4.78, 5) is 27.8. The lowest BCUT2D eigenvalue weighted by molar-refractivity contribution is 0.00233. The van der Waals surface area contributed by atoms with Gasteiger partial charge >= 0.3 is 12.1 Å². The fourth-order valence-corrected chi connectivity index (χ4v) is 2.55. The van der Waals surface area contributed by atoms with Crippen LogP contribution in [0.2, 0.25) is 0 Å². The lowest BCUT2D eigenvalue weighted by Crippen LogP contribution is -2.50. The van der Waals surface area contributed by atoms with E-state index in [-0.39, 0.29) is 12.1 Å². The highest BCUT2D eigenvalue weighted by Crippen LogP contribution is 2.16. The van der Waals surface area contributed by atoms with Crippen LogP contribution in [-0.2, 0) is 16.0 Å². The molecule has 0 aromatic carbocycles. The highest BCUT2D eigenvalue weighted by atomic mass is 16.6. The third-order valence-corrected chi connectivity index (χ3v) is 4.58. The number of nitrogens with zero attached hydrogens (tertiary/aromatic N) is 4. The predicted molar refractivity (Wildman–Crippen MR) is 92.4 cm³/mol. The van der Waals surface area contributed by atoms with E-state index in [4.69, 9.17) is 9.47 Å². The summed E-state index contributed by atoms with van der Waals surface area (Å²) in [6.45, 7) is 10.0. The average molecular weight is 352 g/mol. The van der Waals surface area contributed by atoms with Crippen LogP contribution in [0.5, 0.6) is 0 Å². The first-order chi connectivity index (χ1) is 11.9. The van der Waals surface area contributed by atoms with Crippen molar-refractivity contribution in [1.29, 1.82) is 0 Å². The van der Waals surface area contributed by atoms with Crippen LogP contribution in [0.1, 0.15) is 37.7 Å². The lowest BCUT2D eigenvalue weighted by atomic mass is 10.1. The summed E-state index contributed by atoms with van der Waals surface area (Å²) in [5.41, 5.74) is 0.0185. The Balaban J connectivity index is 1.78. The molecule has 25 heavy (non-hydrogen) atoms. The molecule has 0 unspecified atom stereocenters. The van der Waals surface area contributed by atoms with Gasteiger partial charge in [0.1, 0.15) is 11.3 Å². The molecule has 140 valence electrons. The van der Waals surface area contributed by atoms with Gasteiger partial charge in [-0.25, -0.2) is 9.59 Å². The number of carbonyl (C=O) groups is 2. The Labute approximate surface area is 148 Å². The van der Waals surface area contributed by atoms with E-state index in [1.807, 2.05) is 20.8 Å². The van der Waals surface area contributed by atoms with Crippen LogP contribution in [0.3, 0.4) is 0 Å². The third-order valence-electron chi connectivity index (χ3n) is 4.58. The zero-order chi connectivity index (χ0) is 18.4. The van der Waals surface area contributed by atoms with Gasteiger partial charge in [0.15, 0.2) is 0 Å². The molecule has 0 N–H and O–H groups in total. The first kappa shape index (κ1) is 19.2. The molecule has 0 saturated carbocycles. The van der Waals surface area contributed by atoms with Crippen LogP contribution in [0.4, 0.5) is 4.79 Å². The number of aromatic nitrogens is 2. The number of carbonyl (C=O) groups excluding carboxylic acids is 2. The van der Waals surface area contributed by atoms with Crippen LogP contribution < -0.4 is 0 Å². The van der Waals surface area contributed by atoms with Crippen LogP contribution in [0, 0.1) is 0 Å². The van der Waals surface area contributed by atoms with E-state index in [1.165, 1.54) is 7.11 Å². The normalized spacial score (nSPS) is 15.9. The summed E-state index contributed by atoms with van der Waals surface area (Å²) in [5.74, 6) is -0.386. The number of methoxy groups -OCH3 is 1. The predicted octanol–water partition coefficient (Wildman–Crippen LogP) is 1.61. The van der Waals surface area contributed by atoms with Crippen molar-refractivity contribution in [3.8, 4) is 0 Å². The maximum absolute atomic E-state index is 12.2. The molecule has 1 saturated heterocycles. The first-order valence-corrected chi connectivity index (χ1v) is 8.66. The van der Waals surface area contributed by atoms with Gasteiger partial charge in [0.25, 0.3) is 0 Å². The van der Waals surface area contributed by atoms with Crippen molar-refractivity contribution in [3.63, 3.8) is 0 Å². The fraction of sp³-hybridized carbons (Fsp3) is 0.706.